The average Bonchev–Trinajstić information content (AvgIpc) is 2.61. The number of ether oxygens (including phenoxy) is 1. The summed E-state index contributed by atoms with van der Waals surface area (Å²) in [5, 5.41) is 0. The lowest BCUT2D eigenvalue weighted by Gasteiger charge is -2.29. The number of rotatable bonds is 6. The van der Waals surface area contributed by atoms with Gasteiger partial charge in [-0.25, -0.2) is 8.42 Å². The summed E-state index contributed by atoms with van der Waals surface area (Å²) in [6.45, 7) is 4.34. The number of benzene rings is 2. The molecule has 0 N–H and O–H groups in total. The molecule has 1 amide bonds. The van der Waals surface area contributed by atoms with Crippen LogP contribution in [0.5, 0.6) is 5.75 Å². The molecule has 0 aromatic heterocycles. The number of methoxy groups -OCH3 is 1. The number of amides is 1. The zero-order valence-corrected chi connectivity index (χ0v) is 15.7. The zero-order valence-electron chi connectivity index (χ0n) is 14.9. The highest BCUT2D eigenvalue weighted by atomic mass is 32.2. The maximum absolute atomic E-state index is 12.9. The number of carbonyl (C=O) groups excluding carboxylic acids is 1. The first-order chi connectivity index (χ1) is 11.8. The van der Waals surface area contributed by atoms with Gasteiger partial charge in [0.25, 0.3) is 5.91 Å². The molecule has 0 aliphatic heterocycles. The van der Waals surface area contributed by atoms with Crippen molar-refractivity contribution in [3.8, 4) is 5.75 Å². The zero-order chi connectivity index (χ0) is 18.6. The van der Waals surface area contributed by atoms with Crippen molar-refractivity contribution in [2.45, 2.75) is 24.8 Å². The van der Waals surface area contributed by atoms with Gasteiger partial charge >= 0.3 is 0 Å². The van der Waals surface area contributed by atoms with Crippen molar-refractivity contribution in [1.29, 1.82) is 0 Å². The summed E-state index contributed by atoms with van der Waals surface area (Å²) in [6.07, 6.45) is 1.13. The summed E-state index contributed by atoms with van der Waals surface area (Å²) in [6, 6.07) is 13.5. The molecule has 0 radical (unpaired) electrons. The largest absolute Gasteiger partial charge is 0.497 e. The molecule has 134 valence electrons. The van der Waals surface area contributed by atoms with Crippen LogP contribution in [0.4, 0.5) is 0 Å². The van der Waals surface area contributed by atoms with Gasteiger partial charge in [0, 0.05) is 18.4 Å². The normalized spacial score (nSPS) is 12.5. The van der Waals surface area contributed by atoms with E-state index >= 15 is 0 Å². The fourth-order valence-electron chi connectivity index (χ4n) is 2.70. The summed E-state index contributed by atoms with van der Waals surface area (Å²) in [7, 11) is -1.76. The third-order valence-electron chi connectivity index (χ3n) is 4.15. The van der Waals surface area contributed by atoms with E-state index < -0.39 is 9.84 Å². The number of nitrogens with zero attached hydrogens (tertiary/aromatic N) is 1. The smallest absolute Gasteiger partial charge is 0.254 e. The summed E-state index contributed by atoms with van der Waals surface area (Å²) in [5.41, 5.74) is 1.31. The molecule has 2 rings (SSSR count). The maximum Gasteiger partial charge on any atom is 0.254 e. The van der Waals surface area contributed by atoms with Crippen LogP contribution >= 0.6 is 0 Å². The highest BCUT2D eigenvalue weighted by molar-refractivity contribution is 7.90. The van der Waals surface area contributed by atoms with Gasteiger partial charge in [-0.1, -0.05) is 18.2 Å². The molecule has 0 heterocycles. The summed E-state index contributed by atoms with van der Waals surface area (Å²) in [5.74, 6) is 0.523. The van der Waals surface area contributed by atoms with E-state index in [1.807, 2.05) is 38.1 Å². The van der Waals surface area contributed by atoms with Gasteiger partial charge in [-0.2, -0.15) is 0 Å². The molecule has 0 bridgehead atoms. The molecule has 0 saturated heterocycles. The van der Waals surface area contributed by atoms with E-state index in [1.165, 1.54) is 12.1 Å². The minimum absolute atomic E-state index is 0.142. The monoisotopic (exact) mass is 361 g/mol. The lowest BCUT2D eigenvalue weighted by Crippen LogP contribution is -2.33. The predicted octanol–water partition coefficient (Wildman–Crippen LogP) is 3.32. The van der Waals surface area contributed by atoms with Gasteiger partial charge in [0.15, 0.2) is 9.84 Å². The van der Waals surface area contributed by atoms with Gasteiger partial charge < -0.3 is 9.64 Å². The Morgan fingerprint density at radius 3 is 2.44 bits per heavy atom. The summed E-state index contributed by atoms with van der Waals surface area (Å²) >= 11 is 0. The molecule has 0 fully saturated rings. The van der Waals surface area contributed by atoms with Gasteiger partial charge in [-0.3, -0.25) is 4.79 Å². The molecular formula is C19H23NO4S. The molecule has 5 nitrogen and oxygen atoms in total. The standard InChI is InChI=1S/C19H23NO4S/c1-5-20(14(2)15-8-6-10-17(12-15)24-3)19(21)16-9-7-11-18(13-16)25(4,22)23/h6-14H,5H2,1-4H3. The van der Waals surface area contributed by atoms with Crippen LogP contribution < -0.4 is 4.74 Å². The molecule has 0 saturated carbocycles. The molecule has 0 aliphatic carbocycles. The maximum atomic E-state index is 12.9. The number of hydrogen-bond acceptors (Lipinski definition) is 4. The molecule has 1 unspecified atom stereocenters. The molecule has 0 aliphatic rings. The Morgan fingerprint density at radius 1 is 1.16 bits per heavy atom. The first-order valence-corrected chi connectivity index (χ1v) is 9.92. The van der Waals surface area contributed by atoms with Crippen molar-refractivity contribution in [3.05, 3.63) is 59.7 Å². The number of carbonyl (C=O) groups is 1. The van der Waals surface area contributed by atoms with E-state index in [2.05, 4.69) is 0 Å². The lowest BCUT2D eigenvalue weighted by molar-refractivity contribution is 0.0702. The van der Waals surface area contributed by atoms with Gasteiger partial charge in [0.2, 0.25) is 0 Å². The molecular weight excluding hydrogens is 338 g/mol. The SMILES string of the molecule is CCN(C(=O)c1cccc(S(C)(=O)=O)c1)C(C)c1cccc(OC)c1. The van der Waals surface area contributed by atoms with Crippen molar-refractivity contribution < 1.29 is 17.9 Å². The van der Waals surface area contributed by atoms with Crippen LogP contribution in [0, 0.1) is 0 Å². The summed E-state index contributed by atoms with van der Waals surface area (Å²) in [4.78, 5) is 14.8. The minimum atomic E-state index is -3.36. The highest BCUT2D eigenvalue weighted by Gasteiger charge is 2.22. The Morgan fingerprint density at radius 2 is 1.84 bits per heavy atom. The predicted molar refractivity (Wildman–Crippen MR) is 97.7 cm³/mol. The summed E-state index contributed by atoms with van der Waals surface area (Å²) < 4.78 is 28.7. The third-order valence-corrected chi connectivity index (χ3v) is 5.26. The second-order valence-corrected chi connectivity index (χ2v) is 7.86. The Balaban J connectivity index is 2.35. The van der Waals surface area contributed by atoms with Crippen LogP contribution in [0.25, 0.3) is 0 Å². The van der Waals surface area contributed by atoms with Crippen LogP contribution in [0.1, 0.15) is 35.8 Å². The topological polar surface area (TPSA) is 63.7 Å². The first-order valence-electron chi connectivity index (χ1n) is 8.03. The molecule has 6 heteroatoms. The highest BCUT2D eigenvalue weighted by Crippen LogP contribution is 2.25. The second-order valence-electron chi connectivity index (χ2n) is 5.84. The van der Waals surface area contributed by atoms with Crippen LogP contribution in [0.2, 0.25) is 0 Å². The van der Waals surface area contributed by atoms with Crippen LogP contribution in [-0.4, -0.2) is 39.1 Å². The second kappa shape index (κ2) is 7.70. The Hall–Kier alpha value is -2.34. The van der Waals surface area contributed by atoms with Crippen molar-refractivity contribution in [2.24, 2.45) is 0 Å². The van der Waals surface area contributed by atoms with Crippen molar-refractivity contribution in [3.63, 3.8) is 0 Å². The first kappa shape index (κ1) is 19.0. The van der Waals surface area contributed by atoms with Gasteiger partial charge in [0.1, 0.15) is 5.75 Å². The lowest BCUT2D eigenvalue weighted by atomic mass is 10.1. The van der Waals surface area contributed by atoms with E-state index in [-0.39, 0.29) is 16.8 Å². The Labute approximate surface area is 149 Å². The average molecular weight is 361 g/mol. The van der Waals surface area contributed by atoms with Crippen molar-refractivity contribution in [2.75, 3.05) is 19.9 Å². The van der Waals surface area contributed by atoms with Crippen LogP contribution in [-0.2, 0) is 9.84 Å². The molecule has 1 atom stereocenters. The van der Waals surface area contributed by atoms with Crippen LogP contribution in [0.15, 0.2) is 53.4 Å². The fourth-order valence-corrected chi connectivity index (χ4v) is 3.37. The van der Waals surface area contributed by atoms with Gasteiger partial charge in [0.05, 0.1) is 18.0 Å². The van der Waals surface area contributed by atoms with E-state index in [0.29, 0.717) is 12.1 Å². The molecule has 0 spiro atoms. The van der Waals surface area contributed by atoms with Crippen molar-refractivity contribution in [1.82, 2.24) is 4.90 Å². The third kappa shape index (κ3) is 4.39. The Bertz CT molecular complexity index is 861. The molecule has 2 aromatic rings. The van der Waals surface area contributed by atoms with E-state index in [0.717, 1.165) is 17.6 Å². The number of sulfone groups is 1. The van der Waals surface area contributed by atoms with Crippen LogP contribution in [0.3, 0.4) is 0 Å². The van der Waals surface area contributed by atoms with E-state index in [4.69, 9.17) is 4.74 Å². The van der Waals surface area contributed by atoms with Crippen molar-refractivity contribution >= 4 is 15.7 Å². The quantitative estimate of drug-likeness (QED) is 0.792. The Kier molecular flexibility index (Phi) is 5.85. The molecule has 25 heavy (non-hydrogen) atoms. The van der Waals surface area contributed by atoms with Gasteiger partial charge in [-0.15, -0.1) is 0 Å². The molecule has 2 aromatic carbocycles. The van der Waals surface area contributed by atoms with E-state index in [1.54, 1.807) is 24.1 Å². The fraction of sp³-hybridized carbons (Fsp3) is 0.316. The number of hydrogen-bond donors (Lipinski definition) is 0. The minimum Gasteiger partial charge on any atom is -0.497 e. The van der Waals surface area contributed by atoms with Gasteiger partial charge in [-0.05, 0) is 49.7 Å². The van der Waals surface area contributed by atoms with E-state index in [9.17, 15) is 13.2 Å².